The Morgan fingerprint density at radius 3 is 2.15 bits per heavy atom. The number of nitrogens with two attached hydrogens (primary N) is 2. The summed E-state index contributed by atoms with van der Waals surface area (Å²) in [4.78, 5) is 11.2. The first-order valence-electron chi connectivity index (χ1n) is 7.37. The van der Waals surface area contributed by atoms with Crippen LogP contribution in [0, 0.1) is 0 Å². The summed E-state index contributed by atoms with van der Waals surface area (Å²) in [6.45, 7) is 0.208. The lowest BCUT2D eigenvalue weighted by molar-refractivity contribution is -0.116. The highest BCUT2D eigenvalue weighted by Crippen LogP contribution is 2.20. The SMILES string of the molecule is NCCC(=O)Nc1ccc(S(=O)(=O)Nc2cccc(S(N)(=O)=O)c2)cc1. The van der Waals surface area contributed by atoms with Crippen molar-refractivity contribution in [1.82, 2.24) is 0 Å². The molecule has 0 atom stereocenters. The Balaban J connectivity index is 2.19. The smallest absolute Gasteiger partial charge is 0.261 e. The summed E-state index contributed by atoms with van der Waals surface area (Å²) >= 11 is 0. The summed E-state index contributed by atoms with van der Waals surface area (Å²) < 4.78 is 49.8. The number of hydrogen-bond donors (Lipinski definition) is 4. The fourth-order valence-corrected chi connectivity index (χ4v) is 3.63. The minimum Gasteiger partial charge on any atom is -0.330 e. The lowest BCUT2D eigenvalue weighted by Gasteiger charge is -2.10. The zero-order chi connectivity index (χ0) is 19.4. The molecule has 11 heteroatoms. The molecule has 26 heavy (non-hydrogen) atoms. The number of anilines is 2. The van der Waals surface area contributed by atoms with E-state index in [2.05, 4.69) is 10.0 Å². The molecule has 0 aromatic heterocycles. The van der Waals surface area contributed by atoms with Gasteiger partial charge in [0.1, 0.15) is 0 Å². The highest BCUT2D eigenvalue weighted by atomic mass is 32.2. The minimum absolute atomic E-state index is 0.0526. The van der Waals surface area contributed by atoms with Gasteiger partial charge in [-0.25, -0.2) is 22.0 Å². The first-order chi connectivity index (χ1) is 12.1. The number of carbonyl (C=O) groups is 1. The maximum Gasteiger partial charge on any atom is 0.261 e. The summed E-state index contributed by atoms with van der Waals surface area (Å²) in [7, 11) is -7.90. The van der Waals surface area contributed by atoms with Crippen molar-refractivity contribution in [2.45, 2.75) is 16.2 Å². The lowest BCUT2D eigenvalue weighted by Crippen LogP contribution is -2.17. The Hall–Kier alpha value is -2.47. The van der Waals surface area contributed by atoms with Crippen molar-refractivity contribution in [3.05, 3.63) is 48.5 Å². The molecule has 0 aliphatic carbocycles. The van der Waals surface area contributed by atoms with Crippen LogP contribution in [0.5, 0.6) is 0 Å². The van der Waals surface area contributed by atoms with Crippen LogP contribution in [0.2, 0.25) is 0 Å². The summed E-state index contributed by atoms with van der Waals surface area (Å²) in [5.41, 5.74) is 5.76. The van der Waals surface area contributed by atoms with Crippen molar-refractivity contribution in [2.75, 3.05) is 16.6 Å². The topological polar surface area (TPSA) is 161 Å². The van der Waals surface area contributed by atoms with Crippen molar-refractivity contribution in [2.24, 2.45) is 10.9 Å². The number of hydrogen-bond acceptors (Lipinski definition) is 6. The van der Waals surface area contributed by atoms with Crippen molar-refractivity contribution >= 4 is 37.3 Å². The predicted octanol–water partition coefficient (Wildman–Crippen LogP) is 0.422. The first kappa shape index (κ1) is 19.8. The maximum absolute atomic E-state index is 12.4. The zero-order valence-corrected chi connectivity index (χ0v) is 15.2. The van der Waals surface area contributed by atoms with Crippen molar-refractivity contribution in [1.29, 1.82) is 0 Å². The van der Waals surface area contributed by atoms with Gasteiger partial charge in [0.25, 0.3) is 10.0 Å². The Labute approximate surface area is 151 Å². The third-order valence-electron chi connectivity index (χ3n) is 3.23. The molecule has 0 heterocycles. The standard InChI is InChI=1S/C15H18N4O5S2/c16-9-8-15(20)18-11-4-6-13(7-5-11)26(23,24)19-12-2-1-3-14(10-12)25(17,21)22/h1-7,10,19H,8-9,16H2,(H,18,20)(H2,17,21,22). The predicted molar refractivity (Wildman–Crippen MR) is 97.4 cm³/mol. The highest BCUT2D eigenvalue weighted by Gasteiger charge is 2.16. The highest BCUT2D eigenvalue weighted by molar-refractivity contribution is 7.92. The first-order valence-corrected chi connectivity index (χ1v) is 10.4. The molecule has 2 aromatic carbocycles. The van der Waals surface area contributed by atoms with Gasteiger partial charge in [-0.3, -0.25) is 9.52 Å². The second kappa shape index (κ2) is 7.83. The number of rotatable bonds is 7. The molecule has 1 amide bonds. The van der Waals surface area contributed by atoms with E-state index in [9.17, 15) is 21.6 Å². The Morgan fingerprint density at radius 1 is 0.923 bits per heavy atom. The number of amides is 1. The third kappa shape index (κ3) is 5.26. The van der Waals surface area contributed by atoms with Crippen LogP contribution >= 0.6 is 0 Å². The number of carbonyl (C=O) groups excluding carboxylic acids is 1. The molecule has 6 N–H and O–H groups in total. The fourth-order valence-electron chi connectivity index (χ4n) is 2.02. The van der Waals surface area contributed by atoms with E-state index in [4.69, 9.17) is 10.9 Å². The Morgan fingerprint density at radius 2 is 1.58 bits per heavy atom. The molecule has 0 saturated heterocycles. The van der Waals surface area contributed by atoms with E-state index in [1.54, 1.807) is 0 Å². The number of primary sulfonamides is 1. The van der Waals surface area contributed by atoms with Gasteiger partial charge in [-0.2, -0.15) is 0 Å². The van der Waals surface area contributed by atoms with Gasteiger partial charge in [0.05, 0.1) is 15.5 Å². The minimum atomic E-state index is -3.95. The zero-order valence-electron chi connectivity index (χ0n) is 13.5. The van der Waals surface area contributed by atoms with Crippen LogP contribution < -0.4 is 20.9 Å². The lowest BCUT2D eigenvalue weighted by atomic mass is 10.3. The van der Waals surface area contributed by atoms with Crippen molar-refractivity contribution in [3.8, 4) is 0 Å². The molecule has 0 fully saturated rings. The molecule has 0 spiro atoms. The van der Waals surface area contributed by atoms with Gasteiger partial charge >= 0.3 is 0 Å². The number of nitrogens with one attached hydrogen (secondary N) is 2. The normalized spacial score (nSPS) is 11.8. The molecule has 0 unspecified atom stereocenters. The van der Waals surface area contributed by atoms with Gasteiger partial charge in [0.2, 0.25) is 15.9 Å². The molecule has 0 aliphatic heterocycles. The molecule has 0 bridgehead atoms. The quantitative estimate of drug-likeness (QED) is 0.528. The van der Waals surface area contributed by atoms with Crippen molar-refractivity contribution < 1.29 is 21.6 Å². The van der Waals surface area contributed by atoms with Crippen LogP contribution in [0.3, 0.4) is 0 Å². The molecular weight excluding hydrogens is 380 g/mol. The third-order valence-corrected chi connectivity index (χ3v) is 5.54. The summed E-state index contributed by atoms with van der Waals surface area (Å²) in [6.07, 6.45) is 0.155. The molecular formula is C15H18N4O5S2. The van der Waals surface area contributed by atoms with Crippen molar-refractivity contribution in [3.63, 3.8) is 0 Å². The van der Waals surface area contributed by atoms with E-state index < -0.39 is 20.0 Å². The number of benzene rings is 2. The largest absolute Gasteiger partial charge is 0.330 e. The van der Waals surface area contributed by atoms with Gasteiger partial charge in [-0.05, 0) is 42.5 Å². The number of sulfonamides is 2. The maximum atomic E-state index is 12.4. The van der Waals surface area contributed by atoms with E-state index in [0.29, 0.717) is 5.69 Å². The Bertz CT molecular complexity index is 1000. The van der Waals surface area contributed by atoms with Crippen LogP contribution in [0.15, 0.2) is 58.3 Å². The summed E-state index contributed by atoms with van der Waals surface area (Å²) in [5, 5.41) is 7.61. The molecule has 0 radical (unpaired) electrons. The second-order valence-electron chi connectivity index (χ2n) is 5.29. The van der Waals surface area contributed by atoms with Gasteiger partial charge in [0.15, 0.2) is 0 Å². The van der Waals surface area contributed by atoms with E-state index in [-0.39, 0.29) is 34.4 Å². The molecule has 2 rings (SSSR count). The molecule has 0 saturated carbocycles. The summed E-state index contributed by atoms with van der Waals surface area (Å²) in [6, 6.07) is 10.6. The molecule has 0 aliphatic rings. The van der Waals surface area contributed by atoms with Gasteiger partial charge in [-0.1, -0.05) is 6.07 Å². The van der Waals surface area contributed by atoms with Crippen LogP contribution in [-0.4, -0.2) is 29.3 Å². The average Bonchev–Trinajstić information content (AvgIpc) is 2.54. The second-order valence-corrected chi connectivity index (χ2v) is 8.53. The Kier molecular flexibility index (Phi) is 5.97. The average molecular weight is 398 g/mol. The van der Waals surface area contributed by atoms with E-state index in [1.165, 1.54) is 42.5 Å². The van der Waals surface area contributed by atoms with E-state index in [1.807, 2.05) is 0 Å². The van der Waals surface area contributed by atoms with Crippen LogP contribution in [-0.2, 0) is 24.8 Å². The summed E-state index contributed by atoms with van der Waals surface area (Å²) in [5.74, 6) is -0.277. The van der Waals surface area contributed by atoms with E-state index >= 15 is 0 Å². The van der Waals surface area contributed by atoms with Gasteiger partial charge in [0, 0.05) is 18.7 Å². The monoisotopic (exact) mass is 398 g/mol. The molecule has 140 valence electrons. The van der Waals surface area contributed by atoms with Crippen LogP contribution in [0.25, 0.3) is 0 Å². The van der Waals surface area contributed by atoms with Crippen LogP contribution in [0.1, 0.15) is 6.42 Å². The van der Waals surface area contributed by atoms with Gasteiger partial charge in [-0.15, -0.1) is 0 Å². The molecule has 9 nitrogen and oxygen atoms in total. The molecule has 2 aromatic rings. The fraction of sp³-hybridized carbons (Fsp3) is 0.133. The van der Waals surface area contributed by atoms with E-state index in [0.717, 1.165) is 6.07 Å². The van der Waals surface area contributed by atoms with Crippen LogP contribution in [0.4, 0.5) is 11.4 Å². The van der Waals surface area contributed by atoms with Gasteiger partial charge < -0.3 is 11.1 Å².